The molecule has 2 atom stereocenters. The summed E-state index contributed by atoms with van der Waals surface area (Å²) in [5, 5.41) is 3.49. The van der Waals surface area contributed by atoms with Gasteiger partial charge in [0.1, 0.15) is 0 Å². The fourth-order valence-corrected chi connectivity index (χ4v) is 2.76. The Morgan fingerprint density at radius 3 is 2.87 bits per heavy atom. The average molecular weight is 212 g/mol. The molecule has 0 saturated carbocycles. The zero-order chi connectivity index (χ0) is 10.7. The van der Waals surface area contributed by atoms with Crippen molar-refractivity contribution in [1.82, 2.24) is 10.2 Å². The van der Waals surface area contributed by atoms with Gasteiger partial charge in [-0.05, 0) is 38.6 Å². The van der Waals surface area contributed by atoms with Crippen LogP contribution < -0.4 is 5.32 Å². The zero-order valence-electron chi connectivity index (χ0n) is 9.37. The van der Waals surface area contributed by atoms with E-state index >= 15 is 0 Å². The van der Waals surface area contributed by atoms with Gasteiger partial charge in [-0.2, -0.15) is 0 Å². The van der Waals surface area contributed by atoms with Crippen LogP contribution in [0, 0.1) is 0 Å². The van der Waals surface area contributed by atoms with Gasteiger partial charge in [-0.15, -0.1) is 0 Å². The molecule has 2 aliphatic rings. The van der Waals surface area contributed by atoms with E-state index in [1.165, 1.54) is 26.4 Å². The topological polar surface area (TPSA) is 41.6 Å². The maximum absolute atomic E-state index is 11.6. The number of hydrogen-bond donors (Lipinski definition) is 1. The number of hydrogen-bond acceptors (Lipinski definition) is 3. The molecular formula is C11H20N2O2. The number of nitrogens with one attached hydrogen (secondary N) is 1. The fourth-order valence-electron chi connectivity index (χ4n) is 2.76. The highest BCUT2D eigenvalue weighted by Gasteiger charge is 2.34. The first-order chi connectivity index (χ1) is 7.33. The summed E-state index contributed by atoms with van der Waals surface area (Å²) in [7, 11) is 1.47. The smallest absolute Gasteiger partial charge is 0.409 e. The second-order valence-electron chi connectivity index (χ2n) is 4.43. The minimum absolute atomic E-state index is 0.159. The Hall–Kier alpha value is -0.770. The molecule has 86 valence electrons. The van der Waals surface area contributed by atoms with Crippen LogP contribution in [0.3, 0.4) is 0 Å². The summed E-state index contributed by atoms with van der Waals surface area (Å²) < 4.78 is 4.84. The minimum Gasteiger partial charge on any atom is -0.453 e. The van der Waals surface area contributed by atoms with Crippen molar-refractivity contribution < 1.29 is 9.53 Å². The standard InChI is InChI=1S/C11H20N2O2/c1-15-11(14)13-8-3-2-6-10(13)9-5-4-7-12-9/h9-10,12H,2-8H2,1H3. The first-order valence-electron chi connectivity index (χ1n) is 5.91. The zero-order valence-corrected chi connectivity index (χ0v) is 9.37. The third kappa shape index (κ3) is 2.25. The van der Waals surface area contributed by atoms with Gasteiger partial charge in [0, 0.05) is 12.6 Å². The predicted octanol–water partition coefficient (Wildman–Crippen LogP) is 1.36. The number of carbonyl (C=O) groups is 1. The normalized spacial score (nSPS) is 31.7. The molecule has 0 aromatic rings. The van der Waals surface area contributed by atoms with Crippen molar-refractivity contribution in [3.8, 4) is 0 Å². The molecule has 2 saturated heterocycles. The van der Waals surface area contributed by atoms with Crippen molar-refractivity contribution in [2.24, 2.45) is 0 Å². The monoisotopic (exact) mass is 212 g/mol. The highest BCUT2D eigenvalue weighted by molar-refractivity contribution is 5.68. The van der Waals surface area contributed by atoms with E-state index in [9.17, 15) is 4.79 Å². The molecular weight excluding hydrogens is 192 g/mol. The minimum atomic E-state index is -0.159. The summed E-state index contributed by atoms with van der Waals surface area (Å²) >= 11 is 0. The van der Waals surface area contributed by atoms with Crippen molar-refractivity contribution in [2.75, 3.05) is 20.2 Å². The van der Waals surface area contributed by atoms with Crippen LogP contribution in [0.2, 0.25) is 0 Å². The van der Waals surface area contributed by atoms with Crippen LogP contribution in [0.1, 0.15) is 32.1 Å². The van der Waals surface area contributed by atoms with Gasteiger partial charge in [0.25, 0.3) is 0 Å². The third-order valence-corrected chi connectivity index (χ3v) is 3.52. The number of ether oxygens (including phenoxy) is 1. The number of rotatable bonds is 1. The number of piperidine rings is 1. The van der Waals surface area contributed by atoms with Crippen molar-refractivity contribution in [3.05, 3.63) is 0 Å². The molecule has 4 heteroatoms. The lowest BCUT2D eigenvalue weighted by molar-refractivity contribution is 0.0788. The second-order valence-corrected chi connectivity index (χ2v) is 4.43. The highest BCUT2D eigenvalue weighted by atomic mass is 16.5. The summed E-state index contributed by atoms with van der Waals surface area (Å²) in [6.07, 6.45) is 5.73. The number of likely N-dealkylation sites (tertiary alicyclic amines) is 1. The largest absolute Gasteiger partial charge is 0.453 e. The molecule has 2 rings (SSSR count). The number of carbonyl (C=O) groups excluding carboxylic acids is 1. The Morgan fingerprint density at radius 2 is 2.20 bits per heavy atom. The molecule has 2 fully saturated rings. The molecule has 2 aliphatic heterocycles. The van der Waals surface area contributed by atoms with Gasteiger partial charge in [0.05, 0.1) is 13.2 Å². The quantitative estimate of drug-likeness (QED) is 0.713. The van der Waals surface area contributed by atoms with E-state index in [-0.39, 0.29) is 6.09 Å². The first kappa shape index (κ1) is 10.7. The SMILES string of the molecule is COC(=O)N1CCCCC1C1CCCN1. The maximum Gasteiger partial charge on any atom is 0.409 e. The molecule has 1 N–H and O–H groups in total. The van der Waals surface area contributed by atoms with Crippen LogP contribution in [0.5, 0.6) is 0 Å². The fraction of sp³-hybridized carbons (Fsp3) is 0.909. The van der Waals surface area contributed by atoms with Crippen molar-refractivity contribution in [3.63, 3.8) is 0 Å². The lowest BCUT2D eigenvalue weighted by Gasteiger charge is -2.38. The lowest BCUT2D eigenvalue weighted by atomic mass is 9.95. The molecule has 0 bridgehead atoms. The first-order valence-corrected chi connectivity index (χ1v) is 5.91. The van der Waals surface area contributed by atoms with Gasteiger partial charge in [-0.25, -0.2) is 4.79 Å². The van der Waals surface area contributed by atoms with Gasteiger partial charge < -0.3 is 15.0 Å². The summed E-state index contributed by atoms with van der Waals surface area (Å²) in [4.78, 5) is 13.5. The number of methoxy groups -OCH3 is 1. The predicted molar refractivity (Wildman–Crippen MR) is 57.8 cm³/mol. The summed E-state index contributed by atoms with van der Waals surface area (Å²) in [6.45, 7) is 1.95. The molecule has 2 unspecified atom stereocenters. The Kier molecular flexibility index (Phi) is 3.46. The van der Waals surface area contributed by atoms with Gasteiger partial charge in [-0.1, -0.05) is 0 Å². The van der Waals surface area contributed by atoms with Crippen LogP contribution in [0.4, 0.5) is 4.79 Å². The third-order valence-electron chi connectivity index (χ3n) is 3.52. The van der Waals surface area contributed by atoms with E-state index in [4.69, 9.17) is 4.74 Å². The molecule has 1 amide bonds. The van der Waals surface area contributed by atoms with E-state index in [2.05, 4.69) is 5.32 Å². The van der Waals surface area contributed by atoms with Crippen LogP contribution in [0.15, 0.2) is 0 Å². The molecule has 0 radical (unpaired) electrons. The van der Waals surface area contributed by atoms with Gasteiger partial charge >= 0.3 is 6.09 Å². The molecule has 0 aromatic carbocycles. The van der Waals surface area contributed by atoms with Crippen LogP contribution in [-0.2, 0) is 4.74 Å². The maximum atomic E-state index is 11.6. The van der Waals surface area contributed by atoms with Gasteiger partial charge in [0.15, 0.2) is 0 Å². The number of amides is 1. The van der Waals surface area contributed by atoms with E-state index < -0.39 is 0 Å². The molecule has 15 heavy (non-hydrogen) atoms. The van der Waals surface area contributed by atoms with Gasteiger partial charge in [-0.3, -0.25) is 0 Å². The van der Waals surface area contributed by atoms with E-state index in [1.807, 2.05) is 4.90 Å². The van der Waals surface area contributed by atoms with E-state index in [1.54, 1.807) is 0 Å². The highest BCUT2D eigenvalue weighted by Crippen LogP contribution is 2.24. The molecule has 0 aromatic heterocycles. The molecule has 0 spiro atoms. The van der Waals surface area contributed by atoms with Crippen molar-refractivity contribution in [1.29, 1.82) is 0 Å². The van der Waals surface area contributed by atoms with E-state index in [0.717, 1.165) is 25.9 Å². The molecule has 4 nitrogen and oxygen atoms in total. The Labute approximate surface area is 91.0 Å². The average Bonchev–Trinajstić information content (AvgIpc) is 2.81. The Bertz CT molecular complexity index is 227. The second kappa shape index (κ2) is 4.84. The van der Waals surface area contributed by atoms with Crippen LogP contribution in [-0.4, -0.2) is 43.3 Å². The Morgan fingerprint density at radius 1 is 1.33 bits per heavy atom. The van der Waals surface area contributed by atoms with Crippen LogP contribution >= 0.6 is 0 Å². The van der Waals surface area contributed by atoms with Crippen LogP contribution in [0.25, 0.3) is 0 Å². The van der Waals surface area contributed by atoms with Crippen molar-refractivity contribution >= 4 is 6.09 Å². The summed E-state index contributed by atoms with van der Waals surface area (Å²) in [5.41, 5.74) is 0. The molecule has 2 heterocycles. The number of nitrogens with zero attached hydrogens (tertiary/aromatic N) is 1. The molecule has 0 aliphatic carbocycles. The van der Waals surface area contributed by atoms with Gasteiger partial charge in [0.2, 0.25) is 0 Å². The van der Waals surface area contributed by atoms with E-state index in [0.29, 0.717) is 12.1 Å². The van der Waals surface area contributed by atoms with Crippen molar-refractivity contribution in [2.45, 2.75) is 44.2 Å². The Balaban J connectivity index is 2.01. The lowest BCUT2D eigenvalue weighted by Crippen LogP contribution is -2.52. The summed E-state index contributed by atoms with van der Waals surface area (Å²) in [6, 6.07) is 0.845. The summed E-state index contributed by atoms with van der Waals surface area (Å²) in [5.74, 6) is 0.